The quantitative estimate of drug-likeness (QED) is 0.898. The molecule has 1 aliphatic heterocycles. The average Bonchev–Trinajstić information content (AvgIpc) is 2.60. The zero-order valence-electron chi connectivity index (χ0n) is 14.4. The van der Waals surface area contributed by atoms with Gasteiger partial charge in [-0.2, -0.15) is 0 Å². The zero-order chi connectivity index (χ0) is 15.4. The molecular formula is C19H32N2. The van der Waals surface area contributed by atoms with E-state index in [1.807, 2.05) is 0 Å². The van der Waals surface area contributed by atoms with Crippen LogP contribution < -0.4 is 5.32 Å². The third-order valence-electron chi connectivity index (χ3n) is 4.76. The normalized spacial score (nSPS) is 24.3. The van der Waals surface area contributed by atoms with Crippen molar-refractivity contribution in [3.8, 4) is 0 Å². The largest absolute Gasteiger partial charge is 0.319 e. The van der Waals surface area contributed by atoms with Crippen molar-refractivity contribution in [1.82, 2.24) is 10.2 Å². The monoisotopic (exact) mass is 288 g/mol. The van der Waals surface area contributed by atoms with Crippen molar-refractivity contribution < 1.29 is 0 Å². The Hall–Kier alpha value is -0.860. The van der Waals surface area contributed by atoms with Gasteiger partial charge >= 0.3 is 0 Å². The fourth-order valence-electron chi connectivity index (χ4n) is 3.97. The summed E-state index contributed by atoms with van der Waals surface area (Å²) in [5.74, 6) is 0.709. The van der Waals surface area contributed by atoms with Crippen molar-refractivity contribution in [1.29, 1.82) is 0 Å². The molecule has 21 heavy (non-hydrogen) atoms. The molecule has 1 saturated heterocycles. The Morgan fingerprint density at radius 3 is 2.38 bits per heavy atom. The first-order valence-electron chi connectivity index (χ1n) is 8.51. The molecule has 0 spiro atoms. The average molecular weight is 288 g/mol. The lowest BCUT2D eigenvalue weighted by Gasteiger charge is -2.38. The highest BCUT2D eigenvalue weighted by Crippen LogP contribution is 2.36. The van der Waals surface area contributed by atoms with E-state index in [9.17, 15) is 0 Å². The van der Waals surface area contributed by atoms with Gasteiger partial charge in [0.2, 0.25) is 0 Å². The van der Waals surface area contributed by atoms with Gasteiger partial charge in [0.15, 0.2) is 0 Å². The second kappa shape index (κ2) is 7.42. The van der Waals surface area contributed by atoms with Crippen molar-refractivity contribution in [2.24, 2.45) is 5.92 Å². The molecule has 0 aliphatic carbocycles. The Kier molecular flexibility index (Phi) is 5.83. The molecule has 1 fully saturated rings. The summed E-state index contributed by atoms with van der Waals surface area (Å²) >= 11 is 0. The summed E-state index contributed by atoms with van der Waals surface area (Å²) in [4.78, 5) is 2.73. The van der Waals surface area contributed by atoms with Gasteiger partial charge in [0.25, 0.3) is 0 Å². The number of nitrogens with one attached hydrogen (secondary N) is 1. The van der Waals surface area contributed by atoms with Crippen LogP contribution in [0.25, 0.3) is 0 Å². The van der Waals surface area contributed by atoms with Crippen LogP contribution in [0.3, 0.4) is 0 Å². The molecule has 1 aromatic rings. The minimum atomic E-state index is 0.554. The lowest BCUT2D eigenvalue weighted by Crippen LogP contribution is -2.40. The third-order valence-corrected chi connectivity index (χ3v) is 4.76. The number of nitrogens with zero attached hydrogens (tertiary/aromatic N) is 1. The number of hydrogen-bond donors (Lipinski definition) is 1. The van der Waals surface area contributed by atoms with Crippen molar-refractivity contribution in [2.75, 3.05) is 20.1 Å². The maximum absolute atomic E-state index is 3.43. The van der Waals surface area contributed by atoms with Crippen LogP contribution in [-0.4, -0.2) is 31.1 Å². The number of hydrogen-bond acceptors (Lipinski definition) is 2. The van der Waals surface area contributed by atoms with E-state index in [-0.39, 0.29) is 0 Å². The molecule has 1 aliphatic rings. The highest BCUT2D eigenvalue weighted by molar-refractivity contribution is 5.31. The van der Waals surface area contributed by atoms with E-state index in [4.69, 9.17) is 0 Å². The smallest absolute Gasteiger partial charge is 0.0391 e. The molecule has 118 valence electrons. The van der Waals surface area contributed by atoms with Crippen LogP contribution in [0.15, 0.2) is 18.2 Å². The predicted molar refractivity (Wildman–Crippen MR) is 91.8 cm³/mol. The Balaban J connectivity index is 2.41. The molecule has 0 amide bonds. The van der Waals surface area contributed by atoms with Gasteiger partial charge in [-0.3, -0.25) is 4.90 Å². The van der Waals surface area contributed by atoms with Crippen LogP contribution in [0, 0.1) is 19.8 Å². The third kappa shape index (κ3) is 4.08. The van der Waals surface area contributed by atoms with Gasteiger partial charge in [-0.1, -0.05) is 35.7 Å². The molecule has 2 rings (SSSR count). The molecule has 2 nitrogen and oxygen atoms in total. The number of likely N-dealkylation sites (tertiary alicyclic amines) is 1. The standard InChI is InChI=1S/C19H32N2/c1-14(2)21-9-7-6-8-17(13-20-5)19(21)18-11-15(3)10-16(4)12-18/h10-12,14,17,19-20H,6-9,13H2,1-5H3. The first-order chi connectivity index (χ1) is 10.0. The predicted octanol–water partition coefficient (Wildman–Crippen LogP) is 4.07. The van der Waals surface area contributed by atoms with Crippen LogP contribution in [-0.2, 0) is 0 Å². The SMILES string of the molecule is CNCC1CCCCN(C(C)C)C1c1cc(C)cc(C)c1. The topological polar surface area (TPSA) is 15.3 Å². The highest BCUT2D eigenvalue weighted by Gasteiger charge is 2.32. The molecule has 0 saturated carbocycles. The first kappa shape index (κ1) is 16.5. The minimum Gasteiger partial charge on any atom is -0.319 e. The molecule has 1 heterocycles. The molecule has 0 radical (unpaired) electrons. The first-order valence-corrected chi connectivity index (χ1v) is 8.51. The molecule has 0 bridgehead atoms. The van der Waals surface area contributed by atoms with Crippen LogP contribution in [0.1, 0.15) is 55.8 Å². The summed E-state index contributed by atoms with van der Waals surface area (Å²) in [6, 6.07) is 8.25. The van der Waals surface area contributed by atoms with Crippen molar-refractivity contribution in [2.45, 2.75) is 59.0 Å². The van der Waals surface area contributed by atoms with Gasteiger partial charge in [0.05, 0.1) is 0 Å². The summed E-state index contributed by atoms with van der Waals surface area (Å²) in [5, 5.41) is 3.43. The Morgan fingerprint density at radius 2 is 1.81 bits per heavy atom. The van der Waals surface area contributed by atoms with Gasteiger partial charge in [-0.15, -0.1) is 0 Å². The van der Waals surface area contributed by atoms with Gasteiger partial charge in [-0.25, -0.2) is 0 Å². The minimum absolute atomic E-state index is 0.554. The van der Waals surface area contributed by atoms with Gasteiger partial charge in [-0.05, 0) is 72.2 Å². The Labute approximate surface area is 130 Å². The molecule has 1 N–H and O–H groups in total. The van der Waals surface area contributed by atoms with Crippen molar-refractivity contribution in [3.63, 3.8) is 0 Å². The van der Waals surface area contributed by atoms with E-state index in [2.05, 4.69) is 63.2 Å². The second-order valence-electron chi connectivity index (χ2n) is 7.01. The van der Waals surface area contributed by atoms with E-state index in [1.54, 1.807) is 0 Å². The molecule has 2 heteroatoms. The fourth-order valence-corrected chi connectivity index (χ4v) is 3.97. The summed E-state index contributed by atoms with van der Waals surface area (Å²) in [6.07, 6.45) is 4.03. The number of rotatable bonds is 4. The van der Waals surface area contributed by atoms with Crippen LogP contribution in [0.5, 0.6) is 0 Å². The maximum atomic E-state index is 3.43. The van der Waals surface area contributed by atoms with Gasteiger partial charge < -0.3 is 5.32 Å². The zero-order valence-corrected chi connectivity index (χ0v) is 14.4. The molecule has 2 atom stereocenters. The number of aryl methyl sites for hydroxylation is 2. The second-order valence-corrected chi connectivity index (χ2v) is 7.01. The Bertz CT molecular complexity index is 433. The molecule has 2 unspecified atom stereocenters. The van der Waals surface area contributed by atoms with E-state index in [0.717, 1.165) is 6.54 Å². The summed E-state index contributed by atoms with van der Waals surface area (Å²) in [5.41, 5.74) is 4.30. The van der Waals surface area contributed by atoms with E-state index in [0.29, 0.717) is 18.0 Å². The summed E-state index contributed by atoms with van der Waals surface area (Å²) in [6.45, 7) is 11.5. The summed E-state index contributed by atoms with van der Waals surface area (Å²) in [7, 11) is 2.09. The van der Waals surface area contributed by atoms with Crippen LogP contribution >= 0.6 is 0 Å². The lowest BCUT2D eigenvalue weighted by molar-refractivity contribution is 0.118. The van der Waals surface area contributed by atoms with Gasteiger partial charge in [0, 0.05) is 12.1 Å². The Morgan fingerprint density at radius 1 is 1.14 bits per heavy atom. The van der Waals surface area contributed by atoms with E-state index >= 15 is 0 Å². The molecule has 0 aromatic heterocycles. The highest BCUT2D eigenvalue weighted by atomic mass is 15.2. The van der Waals surface area contributed by atoms with Crippen molar-refractivity contribution in [3.05, 3.63) is 34.9 Å². The van der Waals surface area contributed by atoms with Crippen molar-refractivity contribution >= 4 is 0 Å². The molecule has 1 aromatic carbocycles. The maximum Gasteiger partial charge on any atom is 0.0391 e. The fraction of sp³-hybridized carbons (Fsp3) is 0.684. The van der Waals surface area contributed by atoms with E-state index in [1.165, 1.54) is 42.5 Å². The number of benzene rings is 1. The molecular weight excluding hydrogens is 256 g/mol. The summed E-state index contributed by atoms with van der Waals surface area (Å²) < 4.78 is 0. The van der Waals surface area contributed by atoms with Crippen LogP contribution in [0.4, 0.5) is 0 Å². The van der Waals surface area contributed by atoms with Gasteiger partial charge in [0.1, 0.15) is 0 Å². The lowest BCUT2D eigenvalue weighted by atomic mass is 9.87. The van der Waals surface area contributed by atoms with Crippen LogP contribution in [0.2, 0.25) is 0 Å². The van der Waals surface area contributed by atoms with E-state index < -0.39 is 0 Å².